The van der Waals surface area contributed by atoms with Crippen LogP contribution in [0.4, 0.5) is 0 Å². The van der Waals surface area contributed by atoms with E-state index in [1.165, 1.54) is 18.4 Å². The Labute approximate surface area is 137 Å². The summed E-state index contributed by atoms with van der Waals surface area (Å²) < 4.78 is 10.8. The Balaban J connectivity index is 1.66. The van der Waals surface area contributed by atoms with Crippen molar-refractivity contribution < 1.29 is 9.26 Å². The van der Waals surface area contributed by atoms with Gasteiger partial charge in [0.25, 0.3) is 0 Å². The Hall–Kier alpha value is -1.88. The second-order valence-corrected chi connectivity index (χ2v) is 6.37. The van der Waals surface area contributed by atoms with Crippen LogP contribution in [0.3, 0.4) is 0 Å². The first-order valence-electron chi connectivity index (χ1n) is 8.33. The first-order valence-corrected chi connectivity index (χ1v) is 8.33. The highest BCUT2D eigenvalue weighted by atomic mass is 16.5. The van der Waals surface area contributed by atoms with E-state index in [0.717, 1.165) is 31.2 Å². The Morgan fingerprint density at radius 2 is 2.22 bits per heavy atom. The first-order chi connectivity index (χ1) is 11.2. The van der Waals surface area contributed by atoms with Crippen LogP contribution in [-0.2, 0) is 6.42 Å². The average molecular weight is 315 g/mol. The molecule has 124 valence electrons. The molecule has 1 aromatic heterocycles. The summed E-state index contributed by atoms with van der Waals surface area (Å²) in [5.74, 6) is 3.05. The molecule has 2 atom stereocenters. The zero-order valence-corrected chi connectivity index (χ0v) is 14.2. The number of ether oxygens (including phenoxy) is 1. The van der Waals surface area contributed by atoms with Crippen molar-refractivity contribution in [2.75, 3.05) is 20.2 Å². The molecule has 1 fully saturated rings. The summed E-state index contributed by atoms with van der Waals surface area (Å²) in [6, 6.07) is 8.50. The quantitative estimate of drug-likeness (QED) is 0.846. The normalized spacial score (nSPS) is 20.4. The molecule has 0 amide bonds. The topological polar surface area (TPSA) is 51.4 Å². The second kappa shape index (κ2) is 7.13. The number of aryl methyl sites for hydroxylation is 1. The molecule has 1 aromatic carbocycles. The van der Waals surface area contributed by atoms with E-state index in [2.05, 4.69) is 34.1 Å². The fourth-order valence-corrected chi connectivity index (χ4v) is 3.44. The molecule has 0 unspecified atom stereocenters. The molecule has 3 rings (SSSR count). The van der Waals surface area contributed by atoms with Gasteiger partial charge in [0.05, 0.1) is 13.2 Å². The number of hydrogen-bond donors (Lipinski definition) is 0. The van der Waals surface area contributed by atoms with Gasteiger partial charge in [0.15, 0.2) is 5.82 Å². The van der Waals surface area contributed by atoms with Crippen LogP contribution in [0.1, 0.15) is 43.1 Å². The Bertz CT molecular complexity index is 641. The number of methoxy groups -OCH3 is 1. The summed E-state index contributed by atoms with van der Waals surface area (Å²) in [4.78, 5) is 6.84. The predicted octanol–water partition coefficient (Wildman–Crippen LogP) is 3.40. The van der Waals surface area contributed by atoms with Crippen molar-refractivity contribution in [3.63, 3.8) is 0 Å². The maximum Gasteiger partial charge on any atom is 0.243 e. The minimum atomic E-state index is 0.177. The van der Waals surface area contributed by atoms with Crippen molar-refractivity contribution in [1.29, 1.82) is 0 Å². The number of rotatable bonds is 5. The van der Waals surface area contributed by atoms with Gasteiger partial charge in [0.1, 0.15) is 5.75 Å². The van der Waals surface area contributed by atoms with Crippen LogP contribution >= 0.6 is 0 Å². The third-order valence-electron chi connectivity index (χ3n) is 4.70. The van der Waals surface area contributed by atoms with Gasteiger partial charge < -0.3 is 9.26 Å². The molecule has 0 radical (unpaired) electrons. The number of likely N-dealkylation sites (tertiary alicyclic amines) is 1. The Kier molecular flexibility index (Phi) is 4.96. The number of para-hydroxylation sites is 1. The number of nitrogens with zero attached hydrogens (tertiary/aromatic N) is 3. The zero-order valence-electron chi connectivity index (χ0n) is 14.2. The molecular formula is C18H25N3O2. The number of hydrogen-bond acceptors (Lipinski definition) is 5. The molecule has 2 aromatic rings. The highest BCUT2D eigenvalue weighted by Gasteiger charge is 2.27. The summed E-state index contributed by atoms with van der Waals surface area (Å²) in [5.41, 5.74) is 1.29. The van der Waals surface area contributed by atoms with Crippen LogP contribution in [0.25, 0.3) is 0 Å². The summed E-state index contributed by atoms with van der Waals surface area (Å²) in [7, 11) is 1.74. The minimum absolute atomic E-state index is 0.177. The smallest absolute Gasteiger partial charge is 0.243 e. The highest BCUT2D eigenvalue weighted by molar-refractivity contribution is 5.33. The largest absolute Gasteiger partial charge is 0.496 e. The van der Waals surface area contributed by atoms with Gasteiger partial charge in [0.2, 0.25) is 5.89 Å². The van der Waals surface area contributed by atoms with E-state index in [1.807, 2.05) is 19.1 Å². The van der Waals surface area contributed by atoms with Gasteiger partial charge in [-0.15, -0.1) is 0 Å². The predicted molar refractivity (Wildman–Crippen MR) is 88.4 cm³/mol. The van der Waals surface area contributed by atoms with Crippen molar-refractivity contribution in [1.82, 2.24) is 15.0 Å². The summed E-state index contributed by atoms with van der Waals surface area (Å²) >= 11 is 0. The van der Waals surface area contributed by atoms with Crippen molar-refractivity contribution in [2.45, 2.75) is 39.2 Å². The maximum absolute atomic E-state index is 5.49. The van der Waals surface area contributed by atoms with Gasteiger partial charge in [-0.3, -0.25) is 4.90 Å². The van der Waals surface area contributed by atoms with E-state index < -0.39 is 0 Å². The van der Waals surface area contributed by atoms with Crippen LogP contribution in [0.2, 0.25) is 0 Å². The molecule has 1 aliphatic rings. The lowest BCUT2D eigenvalue weighted by atomic mass is 9.90. The first kappa shape index (κ1) is 16.0. The van der Waals surface area contributed by atoms with Gasteiger partial charge in [-0.1, -0.05) is 23.4 Å². The summed E-state index contributed by atoms with van der Waals surface area (Å²) in [6.45, 7) is 6.16. The third-order valence-corrected chi connectivity index (χ3v) is 4.70. The van der Waals surface area contributed by atoms with Crippen molar-refractivity contribution in [2.24, 2.45) is 5.92 Å². The van der Waals surface area contributed by atoms with Crippen LogP contribution in [0, 0.1) is 12.8 Å². The highest BCUT2D eigenvalue weighted by Crippen LogP contribution is 2.29. The molecule has 0 aliphatic carbocycles. The SMILES string of the molecule is COc1ccccc1C[C@H]1CCCN([C@H](C)c2nc(C)no2)C1. The average Bonchev–Trinajstić information content (AvgIpc) is 3.01. The van der Waals surface area contributed by atoms with Gasteiger partial charge in [-0.05, 0) is 57.2 Å². The van der Waals surface area contributed by atoms with Crippen molar-refractivity contribution in [3.8, 4) is 5.75 Å². The van der Waals surface area contributed by atoms with Crippen molar-refractivity contribution >= 4 is 0 Å². The molecule has 0 spiro atoms. The van der Waals surface area contributed by atoms with Crippen LogP contribution in [-0.4, -0.2) is 35.2 Å². The number of piperidine rings is 1. The molecular weight excluding hydrogens is 290 g/mol. The van der Waals surface area contributed by atoms with E-state index in [9.17, 15) is 0 Å². The maximum atomic E-state index is 5.49. The van der Waals surface area contributed by atoms with E-state index in [-0.39, 0.29) is 6.04 Å². The fourth-order valence-electron chi connectivity index (χ4n) is 3.44. The van der Waals surface area contributed by atoms with Gasteiger partial charge in [0, 0.05) is 6.54 Å². The monoisotopic (exact) mass is 315 g/mol. The second-order valence-electron chi connectivity index (χ2n) is 6.37. The number of benzene rings is 1. The Morgan fingerprint density at radius 3 is 2.96 bits per heavy atom. The molecule has 5 nitrogen and oxygen atoms in total. The van der Waals surface area contributed by atoms with Crippen LogP contribution in [0.15, 0.2) is 28.8 Å². The van der Waals surface area contributed by atoms with Crippen molar-refractivity contribution in [3.05, 3.63) is 41.5 Å². The molecule has 0 bridgehead atoms. The van der Waals surface area contributed by atoms with E-state index in [1.54, 1.807) is 7.11 Å². The Morgan fingerprint density at radius 1 is 1.39 bits per heavy atom. The van der Waals surface area contributed by atoms with E-state index in [4.69, 9.17) is 9.26 Å². The van der Waals surface area contributed by atoms with Crippen LogP contribution in [0.5, 0.6) is 5.75 Å². The van der Waals surface area contributed by atoms with Gasteiger partial charge >= 0.3 is 0 Å². The van der Waals surface area contributed by atoms with Gasteiger partial charge in [-0.2, -0.15) is 4.98 Å². The molecule has 0 saturated carbocycles. The standard InChI is InChI=1S/C18H25N3O2/c1-13(18-19-14(2)20-23-18)21-10-6-7-15(12-21)11-16-8-4-5-9-17(16)22-3/h4-5,8-9,13,15H,6-7,10-12H2,1-3H3/t13-,15-/m1/s1. The summed E-state index contributed by atoms with van der Waals surface area (Å²) in [5, 5.41) is 3.91. The lowest BCUT2D eigenvalue weighted by molar-refractivity contribution is 0.111. The molecule has 23 heavy (non-hydrogen) atoms. The molecule has 2 heterocycles. The lowest BCUT2D eigenvalue weighted by Crippen LogP contribution is -2.38. The molecule has 5 heteroatoms. The van der Waals surface area contributed by atoms with Gasteiger partial charge in [-0.25, -0.2) is 0 Å². The molecule has 0 N–H and O–H groups in total. The fraction of sp³-hybridized carbons (Fsp3) is 0.556. The van der Waals surface area contributed by atoms with Crippen LogP contribution < -0.4 is 4.74 Å². The zero-order chi connectivity index (χ0) is 16.2. The molecule has 1 aliphatic heterocycles. The molecule has 1 saturated heterocycles. The third kappa shape index (κ3) is 3.72. The van der Waals surface area contributed by atoms with E-state index in [0.29, 0.717) is 11.7 Å². The van der Waals surface area contributed by atoms with E-state index >= 15 is 0 Å². The number of aromatic nitrogens is 2. The minimum Gasteiger partial charge on any atom is -0.496 e. The summed E-state index contributed by atoms with van der Waals surface area (Å²) in [6.07, 6.45) is 3.51. The lowest BCUT2D eigenvalue weighted by Gasteiger charge is -2.35.